The fourth-order valence-corrected chi connectivity index (χ4v) is 2.50. The Bertz CT molecular complexity index is 487. The molecule has 1 fully saturated rings. The zero-order valence-electron chi connectivity index (χ0n) is 13.7. The number of carbonyl (C=O) groups is 1. The molecule has 1 aromatic rings. The summed E-state index contributed by atoms with van der Waals surface area (Å²) in [4.78, 5) is 11.5. The molecule has 0 aliphatic carbocycles. The monoisotopic (exact) mass is 327 g/mol. The van der Waals surface area contributed by atoms with Crippen LogP contribution in [0.15, 0.2) is 24.3 Å². The minimum Gasteiger partial charge on any atom is -0.489 e. The summed E-state index contributed by atoms with van der Waals surface area (Å²) in [5, 5.41) is 3.12. The van der Waals surface area contributed by atoms with Gasteiger partial charge in [0, 0.05) is 13.0 Å². The van der Waals surface area contributed by atoms with Gasteiger partial charge in [-0.2, -0.15) is 0 Å². The normalized spacial score (nSPS) is 21.1. The molecule has 0 aromatic heterocycles. The first-order valence-electron chi connectivity index (χ1n) is 7.54. The van der Waals surface area contributed by atoms with E-state index in [1.54, 1.807) is 0 Å². The summed E-state index contributed by atoms with van der Waals surface area (Å²) >= 11 is 0. The van der Waals surface area contributed by atoms with Crippen LogP contribution in [-0.2, 0) is 14.9 Å². The second kappa shape index (κ2) is 7.84. The molecular weight excluding hydrogens is 302 g/mol. The molecule has 124 valence electrons. The van der Waals surface area contributed by atoms with E-state index < -0.39 is 0 Å². The Morgan fingerprint density at radius 3 is 2.50 bits per heavy atom. The molecule has 0 saturated carbocycles. The second-order valence-electron chi connectivity index (χ2n) is 6.22. The summed E-state index contributed by atoms with van der Waals surface area (Å²) in [5.41, 5.74) is 1.50. The van der Waals surface area contributed by atoms with Crippen molar-refractivity contribution < 1.29 is 14.3 Å². The van der Waals surface area contributed by atoms with E-state index >= 15 is 0 Å². The van der Waals surface area contributed by atoms with Gasteiger partial charge in [0.1, 0.15) is 17.9 Å². The number of nitrogens with one attached hydrogen (secondary N) is 1. The molecular formula is C17H26ClNO3. The Labute approximate surface area is 139 Å². The lowest BCUT2D eigenvalue weighted by Crippen LogP contribution is -2.31. The van der Waals surface area contributed by atoms with E-state index in [2.05, 4.69) is 38.2 Å². The van der Waals surface area contributed by atoms with Crippen molar-refractivity contribution in [2.24, 2.45) is 0 Å². The summed E-state index contributed by atoms with van der Waals surface area (Å²) in [6, 6.07) is 8.02. The predicted molar refractivity (Wildman–Crippen MR) is 89.8 cm³/mol. The highest BCUT2D eigenvalue weighted by Gasteiger charge is 2.31. The first kappa shape index (κ1) is 18.8. The molecule has 1 saturated heterocycles. The molecule has 0 bridgehead atoms. The standard InChI is InChI=1S/C17H25NO3.ClH/c1-5-17(2,3)12-6-8-13(9-7-12)21-14-10-15(18-11-14)16(19)20-4;/h6-9,14-15,18H,5,10-11H2,1-4H3;1H/t14-,15-;/m0./s1. The third-order valence-corrected chi connectivity index (χ3v) is 4.40. The summed E-state index contributed by atoms with van der Waals surface area (Å²) in [6.45, 7) is 7.35. The number of hydrogen-bond donors (Lipinski definition) is 1. The van der Waals surface area contributed by atoms with Gasteiger partial charge >= 0.3 is 5.97 Å². The number of rotatable bonds is 5. The average molecular weight is 328 g/mol. The molecule has 22 heavy (non-hydrogen) atoms. The van der Waals surface area contributed by atoms with E-state index in [9.17, 15) is 4.79 Å². The zero-order chi connectivity index (χ0) is 15.5. The Hall–Kier alpha value is -1.26. The number of esters is 1. The van der Waals surface area contributed by atoms with Crippen LogP contribution in [0.25, 0.3) is 0 Å². The van der Waals surface area contributed by atoms with Gasteiger partial charge in [0.05, 0.1) is 7.11 Å². The van der Waals surface area contributed by atoms with Crippen LogP contribution in [0, 0.1) is 0 Å². The van der Waals surface area contributed by atoms with E-state index in [1.165, 1.54) is 12.7 Å². The topological polar surface area (TPSA) is 47.6 Å². The van der Waals surface area contributed by atoms with Gasteiger partial charge < -0.3 is 14.8 Å². The molecule has 1 aliphatic heterocycles. The van der Waals surface area contributed by atoms with Crippen molar-refractivity contribution in [3.63, 3.8) is 0 Å². The molecule has 0 radical (unpaired) electrons. The lowest BCUT2D eigenvalue weighted by molar-refractivity contribution is -0.142. The van der Waals surface area contributed by atoms with Gasteiger partial charge in [-0.15, -0.1) is 12.4 Å². The van der Waals surface area contributed by atoms with Gasteiger partial charge in [-0.25, -0.2) is 0 Å². The smallest absolute Gasteiger partial charge is 0.323 e. The fraction of sp³-hybridized carbons (Fsp3) is 0.588. The summed E-state index contributed by atoms with van der Waals surface area (Å²) in [7, 11) is 1.41. The van der Waals surface area contributed by atoms with E-state index in [0.29, 0.717) is 13.0 Å². The van der Waals surface area contributed by atoms with Crippen molar-refractivity contribution in [2.75, 3.05) is 13.7 Å². The Morgan fingerprint density at radius 1 is 1.32 bits per heavy atom. The Balaban J connectivity index is 0.00000242. The van der Waals surface area contributed by atoms with Crippen molar-refractivity contribution in [3.05, 3.63) is 29.8 Å². The quantitative estimate of drug-likeness (QED) is 0.844. The van der Waals surface area contributed by atoms with Crippen LogP contribution >= 0.6 is 12.4 Å². The van der Waals surface area contributed by atoms with Gasteiger partial charge in [0.2, 0.25) is 0 Å². The van der Waals surface area contributed by atoms with Gasteiger partial charge in [0.25, 0.3) is 0 Å². The zero-order valence-corrected chi connectivity index (χ0v) is 14.5. The maximum atomic E-state index is 11.5. The SMILES string of the molecule is CCC(C)(C)c1ccc(O[C@@H]2CN[C@H](C(=O)OC)C2)cc1.Cl. The molecule has 1 N–H and O–H groups in total. The van der Waals surface area contributed by atoms with Crippen LogP contribution in [0.2, 0.25) is 0 Å². The van der Waals surface area contributed by atoms with E-state index in [-0.39, 0.29) is 35.9 Å². The maximum Gasteiger partial charge on any atom is 0.323 e. The molecule has 2 rings (SSSR count). The lowest BCUT2D eigenvalue weighted by atomic mass is 9.82. The third kappa shape index (κ3) is 4.37. The molecule has 4 nitrogen and oxygen atoms in total. The van der Waals surface area contributed by atoms with Crippen molar-refractivity contribution >= 4 is 18.4 Å². The summed E-state index contributed by atoms with van der Waals surface area (Å²) < 4.78 is 10.7. The molecule has 0 unspecified atom stereocenters. The van der Waals surface area contributed by atoms with Gasteiger partial charge in [-0.05, 0) is 29.5 Å². The Kier molecular flexibility index (Phi) is 6.69. The summed E-state index contributed by atoms with van der Waals surface area (Å²) in [5.74, 6) is 0.629. The van der Waals surface area contributed by atoms with Crippen LogP contribution in [-0.4, -0.2) is 31.8 Å². The molecule has 2 atom stereocenters. The van der Waals surface area contributed by atoms with E-state index in [0.717, 1.165) is 12.2 Å². The maximum absolute atomic E-state index is 11.5. The number of halogens is 1. The van der Waals surface area contributed by atoms with Crippen molar-refractivity contribution in [3.8, 4) is 5.75 Å². The van der Waals surface area contributed by atoms with Crippen LogP contribution < -0.4 is 10.1 Å². The highest BCUT2D eigenvalue weighted by atomic mass is 35.5. The van der Waals surface area contributed by atoms with Crippen LogP contribution in [0.4, 0.5) is 0 Å². The van der Waals surface area contributed by atoms with E-state index in [4.69, 9.17) is 9.47 Å². The molecule has 1 heterocycles. The average Bonchev–Trinajstić information content (AvgIpc) is 2.95. The van der Waals surface area contributed by atoms with Gasteiger partial charge in [-0.1, -0.05) is 32.9 Å². The number of carbonyl (C=O) groups excluding carboxylic acids is 1. The first-order valence-corrected chi connectivity index (χ1v) is 7.54. The minimum absolute atomic E-state index is 0. The molecule has 0 amide bonds. The number of benzene rings is 1. The van der Waals surface area contributed by atoms with Crippen molar-refractivity contribution in [1.82, 2.24) is 5.32 Å². The van der Waals surface area contributed by atoms with Gasteiger partial charge in [-0.3, -0.25) is 4.79 Å². The molecule has 0 spiro atoms. The number of hydrogen-bond acceptors (Lipinski definition) is 4. The van der Waals surface area contributed by atoms with Crippen LogP contribution in [0.5, 0.6) is 5.75 Å². The largest absolute Gasteiger partial charge is 0.489 e. The Morgan fingerprint density at radius 2 is 1.95 bits per heavy atom. The van der Waals surface area contributed by atoms with Crippen molar-refractivity contribution in [1.29, 1.82) is 0 Å². The highest BCUT2D eigenvalue weighted by molar-refractivity contribution is 5.85. The van der Waals surface area contributed by atoms with Gasteiger partial charge in [0.15, 0.2) is 0 Å². The minimum atomic E-state index is -0.252. The number of ether oxygens (including phenoxy) is 2. The van der Waals surface area contributed by atoms with E-state index in [1.807, 2.05) is 12.1 Å². The highest BCUT2D eigenvalue weighted by Crippen LogP contribution is 2.28. The molecule has 1 aromatic carbocycles. The summed E-state index contributed by atoms with van der Waals surface area (Å²) in [6.07, 6.45) is 1.76. The van der Waals surface area contributed by atoms with Crippen LogP contribution in [0.3, 0.4) is 0 Å². The fourth-order valence-electron chi connectivity index (χ4n) is 2.50. The van der Waals surface area contributed by atoms with Crippen LogP contribution in [0.1, 0.15) is 39.2 Å². The third-order valence-electron chi connectivity index (χ3n) is 4.40. The predicted octanol–water partition coefficient (Wildman–Crippen LogP) is 3.08. The second-order valence-corrected chi connectivity index (χ2v) is 6.22. The molecule has 5 heteroatoms. The molecule has 1 aliphatic rings. The van der Waals surface area contributed by atoms with Crippen molar-refractivity contribution in [2.45, 2.75) is 51.2 Å². The number of methoxy groups -OCH3 is 1. The lowest BCUT2D eigenvalue weighted by Gasteiger charge is -2.23. The first-order chi connectivity index (χ1) is 9.96.